The zero-order chi connectivity index (χ0) is 14.1. The van der Waals surface area contributed by atoms with Gasteiger partial charge in [-0.2, -0.15) is 0 Å². The molecule has 4 heteroatoms. The van der Waals surface area contributed by atoms with E-state index in [1.54, 1.807) is 0 Å². The summed E-state index contributed by atoms with van der Waals surface area (Å²) in [4.78, 5) is 7.14. The molecule has 0 aliphatic carbocycles. The first-order chi connectivity index (χ1) is 9.17. The molecule has 1 unspecified atom stereocenters. The van der Waals surface area contributed by atoms with Crippen molar-refractivity contribution in [3.63, 3.8) is 0 Å². The van der Waals surface area contributed by atoms with E-state index in [0.29, 0.717) is 12.6 Å². The Morgan fingerprint density at radius 3 is 2.68 bits per heavy atom. The molecule has 1 rings (SSSR count). The van der Waals surface area contributed by atoms with Crippen molar-refractivity contribution in [1.82, 2.24) is 15.5 Å². The predicted molar refractivity (Wildman–Crippen MR) is 82.2 cm³/mol. The standard InChI is InChI=1S/C15H28N4/c1-5-9-17-15(16-6-2)18-12-14(4)19-10-7-13(3)8-11-19/h1,13-14H,6-12H2,2-4H3,(H2,16,17,18). The minimum atomic E-state index is 0.494. The summed E-state index contributed by atoms with van der Waals surface area (Å²) in [6.07, 6.45) is 7.87. The third-order valence-corrected chi connectivity index (χ3v) is 3.66. The fourth-order valence-electron chi connectivity index (χ4n) is 2.28. The van der Waals surface area contributed by atoms with Crippen molar-refractivity contribution >= 4 is 5.96 Å². The van der Waals surface area contributed by atoms with E-state index in [4.69, 9.17) is 6.42 Å². The van der Waals surface area contributed by atoms with Crippen LogP contribution in [0.4, 0.5) is 0 Å². The number of piperidine rings is 1. The summed E-state index contributed by atoms with van der Waals surface area (Å²) in [5.74, 6) is 4.26. The predicted octanol–water partition coefficient (Wildman–Crippen LogP) is 1.30. The van der Waals surface area contributed by atoms with Gasteiger partial charge >= 0.3 is 0 Å². The second-order valence-corrected chi connectivity index (χ2v) is 5.34. The zero-order valence-electron chi connectivity index (χ0n) is 12.6. The van der Waals surface area contributed by atoms with E-state index in [0.717, 1.165) is 25.0 Å². The van der Waals surface area contributed by atoms with E-state index < -0.39 is 0 Å². The van der Waals surface area contributed by atoms with Crippen LogP contribution in [0.15, 0.2) is 4.99 Å². The van der Waals surface area contributed by atoms with Crippen molar-refractivity contribution in [3.8, 4) is 12.3 Å². The number of aliphatic imine (C=N–C) groups is 1. The number of rotatable bonds is 5. The van der Waals surface area contributed by atoms with Gasteiger partial charge in [-0.25, -0.2) is 0 Å². The van der Waals surface area contributed by atoms with Crippen molar-refractivity contribution in [2.24, 2.45) is 10.9 Å². The van der Waals surface area contributed by atoms with Crippen LogP contribution in [0.5, 0.6) is 0 Å². The van der Waals surface area contributed by atoms with Gasteiger partial charge in [-0.15, -0.1) is 6.42 Å². The highest BCUT2D eigenvalue weighted by molar-refractivity contribution is 5.79. The van der Waals surface area contributed by atoms with Crippen molar-refractivity contribution in [1.29, 1.82) is 0 Å². The van der Waals surface area contributed by atoms with E-state index in [2.05, 4.69) is 47.2 Å². The number of nitrogens with zero attached hydrogens (tertiary/aromatic N) is 2. The number of hydrogen-bond acceptors (Lipinski definition) is 2. The summed E-state index contributed by atoms with van der Waals surface area (Å²) in [6, 6.07) is 0.494. The molecule has 1 heterocycles. The largest absolute Gasteiger partial charge is 0.357 e. The molecule has 0 saturated carbocycles. The maximum absolute atomic E-state index is 5.26. The lowest BCUT2D eigenvalue weighted by atomic mass is 9.98. The summed E-state index contributed by atoms with van der Waals surface area (Å²) in [5, 5.41) is 6.33. The Morgan fingerprint density at radius 1 is 1.42 bits per heavy atom. The Hall–Kier alpha value is -1.21. The van der Waals surface area contributed by atoms with E-state index in [-0.39, 0.29) is 0 Å². The molecule has 0 aromatic carbocycles. The van der Waals surface area contributed by atoms with Gasteiger partial charge in [0.25, 0.3) is 0 Å². The molecule has 0 spiro atoms. The van der Waals surface area contributed by atoms with Gasteiger partial charge in [0.15, 0.2) is 5.96 Å². The molecule has 19 heavy (non-hydrogen) atoms. The van der Waals surface area contributed by atoms with E-state index in [1.807, 2.05) is 0 Å². The lowest BCUT2D eigenvalue weighted by Crippen LogP contribution is -2.42. The SMILES string of the molecule is C#CCNC(=NCC(C)N1CCC(C)CC1)NCC. The van der Waals surface area contributed by atoms with Gasteiger partial charge in [-0.3, -0.25) is 9.89 Å². The average molecular weight is 264 g/mol. The van der Waals surface area contributed by atoms with Crippen molar-refractivity contribution in [2.75, 3.05) is 32.7 Å². The Bertz CT molecular complexity index is 311. The molecule has 108 valence electrons. The molecule has 0 amide bonds. The molecule has 0 bridgehead atoms. The molecular weight excluding hydrogens is 236 g/mol. The van der Waals surface area contributed by atoms with Gasteiger partial charge in [0.05, 0.1) is 13.1 Å². The molecule has 4 nitrogen and oxygen atoms in total. The highest BCUT2D eigenvalue weighted by Gasteiger charge is 2.19. The van der Waals surface area contributed by atoms with Gasteiger partial charge < -0.3 is 10.6 Å². The molecule has 0 aromatic heterocycles. The number of hydrogen-bond donors (Lipinski definition) is 2. The van der Waals surface area contributed by atoms with Crippen LogP contribution in [0.2, 0.25) is 0 Å². The quantitative estimate of drug-likeness (QED) is 0.447. The Kier molecular flexibility index (Phi) is 7.35. The lowest BCUT2D eigenvalue weighted by Gasteiger charge is -2.34. The molecule has 2 N–H and O–H groups in total. The highest BCUT2D eigenvalue weighted by Crippen LogP contribution is 2.17. The fourth-order valence-corrected chi connectivity index (χ4v) is 2.28. The van der Waals surface area contributed by atoms with Crippen LogP contribution in [0.3, 0.4) is 0 Å². The summed E-state index contributed by atoms with van der Waals surface area (Å²) in [7, 11) is 0. The van der Waals surface area contributed by atoms with Crippen LogP contribution in [0, 0.1) is 18.3 Å². The molecule has 1 fully saturated rings. The monoisotopic (exact) mass is 264 g/mol. The molecule has 1 saturated heterocycles. The van der Waals surface area contributed by atoms with Gasteiger partial charge in [-0.1, -0.05) is 12.8 Å². The molecular formula is C15H28N4. The smallest absolute Gasteiger partial charge is 0.192 e. The van der Waals surface area contributed by atoms with E-state index >= 15 is 0 Å². The third-order valence-electron chi connectivity index (χ3n) is 3.66. The molecule has 1 aliphatic rings. The second-order valence-electron chi connectivity index (χ2n) is 5.34. The van der Waals surface area contributed by atoms with Crippen LogP contribution in [-0.4, -0.2) is 49.6 Å². The first-order valence-corrected chi connectivity index (χ1v) is 7.37. The zero-order valence-corrected chi connectivity index (χ0v) is 12.6. The first kappa shape index (κ1) is 15.8. The Labute approximate surface area is 118 Å². The highest BCUT2D eigenvalue weighted by atomic mass is 15.2. The number of nitrogens with one attached hydrogen (secondary N) is 2. The average Bonchev–Trinajstić information content (AvgIpc) is 2.42. The van der Waals surface area contributed by atoms with Crippen LogP contribution >= 0.6 is 0 Å². The lowest BCUT2D eigenvalue weighted by molar-refractivity contribution is 0.150. The summed E-state index contributed by atoms with van der Waals surface area (Å²) in [5.41, 5.74) is 0. The van der Waals surface area contributed by atoms with E-state index in [9.17, 15) is 0 Å². The van der Waals surface area contributed by atoms with E-state index in [1.165, 1.54) is 25.9 Å². The normalized spacial score (nSPS) is 19.8. The number of likely N-dealkylation sites (tertiary alicyclic amines) is 1. The minimum Gasteiger partial charge on any atom is -0.357 e. The number of terminal acetylenes is 1. The minimum absolute atomic E-state index is 0.494. The first-order valence-electron chi connectivity index (χ1n) is 7.37. The van der Waals surface area contributed by atoms with Crippen LogP contribution < -0.4 is 10.6 Å². The van der Waals surface area contributed by atoms with Crippen molar-refractivity contribution in [3.05, 3.63) is 0 Å². The van der Waals surface area contributed by atoms with Gasteiger partial charge in [0.2, 0.25) is 0 Å². The number of guanidine groups is 1. The summed E-state index contributed by atoms with van der Waals surface area (Å²) < 4.78 is 0. The molecule has 1 aliphatic heterocycles. The third kappa shape index (κ3) is 5.98. The summed E-state index contributed by atoms with van der Waals surface area (Å²) >= 11 is 0. The molecule has 0 radical (unpaired) electrons. The van der Waals surface area contributed by atoms with Gasteiger partial charge in [0, 0.05) is 12.6 Å². The maximum atomic E-state index is 5.26. The van der Waals surface area contributed by atoms with Crippen LogP contribution in [-0.2, 0) is 0 Å². The van der Waals surface area contributed by atoms with Crippen LogP contribution in [0.1, 0.15) is 33.6 Å². The van der Waals surface area contributed by atoms with Crippen molar-refractivity contribution < 1.29 is 0 Å². The van der Waals surface area contributed by atoms with Gasteiger partial charge in [0.1, 0.15) is 0 Å². The fraction of sp³-hybridized carbons (Fsp3) is 0.800. The Balaban J connectivity index is 2.40. The molecule has 1 atom stereocenters. The maximum Gasteiger partial charge on any atom is 0.192 e. The summed E-state index contributed by atoms with van der Waals surface area (Å²) in [6.45, 7) is 11.2. The Morgan fingerprint density at radius 2 is 2.11 bits per heavy atom. The molecule has 0 aromatic rings. The van der Waals surface area contributed by atoms with Crippen LogP contribution in [0.25, 0.3) is 0 Å². The van der Waals surface area contributed by atoms with Gasteiger partial charge in [-0.05, 0) is 45.7 Å². The second kappa shape index (κ2) is 8.82. The van der Waals surface area contributed by atoms with Crippen molar-refractivity contribution in [2.45, 2.75) is 39.7 Å². The topological polar surface area (TPSA) is 39.7 Å².